The molecule has 0 aliphatic rings. The van der Waals surface area contributed by atoms with Gasteiger partial charge in [-0.3, -0.25) is 4.98 Å². The molecule has 0 aliphatic carbocycles. The summed E-state index contributed by atoms with van der Waals surface area (Å²) in [6, 6.07) is 8.93. The summed E-state index contributed by atoms with van der Waals surface area (Å²) in [5.74, 6) is 0.388. The monoisotopic (exact) mass is 398 g/mol. The molecular formula is C18H21N3NaO4S. The molecule has 1 N–H and O–H groups in total. The number of nitrogens with one attached hydrogen (secondary N) is 1. The molecule has 27 heavy (non-hydrogen) atoms. The number of nitrogens with zero attached hydrogens (tertiary/aromatic N) is 2. The molecule has 1 radical (unpaired) electrons. The van der Waals surface area contributed by atoms with E-state index in [2.05, 4.69) is 15.0 Å². The Bertz CT molecular complexity index is 972. The molecule has 0 bridgehead atoms. The molecule has 0 saturated heterocycles. The SMILES string of the molecule is COCCCOc1ccnc(CS(=O)(=O)c2nc3ccccc3[nH]2)c1C.[Na]. The van der Waals surface area contributed by atoms with Gasteiger partial charge in [-0.1, -0.05) is 12.1 Å². The van der Waals surface area contributed by atoms with Gasteiger partial charge in [0.05, 0.1) is 23.3 Å². The number of para-hydroxylation sites is 2. The maximum atomic E-state index is 12.7. The molecule has 1 aromatic carbocycles. The van der Waals surface area contributed by atoms with Gasteiger partial charge in [0.1, 0.15) is 11.5 Å². The number of ether oxygens (including phenoxy) is 2. The zero-order valence-corrected chi connectivity index (χ0v) is 18.5. The van der Waals surface area contributed by atoms with Crippen molar-refractivity contribution in [1.82, 2.24) is 15.0 Å². The molecule has 0 atom stereocenters. The van der Waals surface area contributed by atoms with Crippen molar-refractivity contribution < 1.29 is 17.9 Å². The van der Waals surface area contributed by atoms with Crippen molar-refractivity contribution in [2.45, 2.75) is 24.3 Å². The number of sulfone groups is 1. The molecule has 0 amide bonds. The average molecular weight is 398 g/mol. The summed E-state index contributed by atoms with van der Waals surface area (Å²) in [5.41, 5.74) is 2.47. The van der Waals surface area contributed by atoms with Gasteiger partial charge in [-0.25, -0.2) is 13.4 Å². The second-order valence-corrected chi connectivity index (χ2v) is 7.80. The molecule has 0 unspecified atom stereocenters. The Balaban J connectivity index is 0.00000261. The fraction of sp³-hybridized carbons (Fsp3) is 0.333. The Labute approximate surface area is 180 Å². The minimum absolute atomic E-state index is 0. The Morgan fingerprint density at radius 2 is 1.93 bits per heavy atom. The summed E-state index contributed by atoms with van der Waals surface area (Å²) in [6.07, 6.45) is 2.31. The van der Waals surface area contributed by atoms with Crippen LogP contribution in [-0.4, -0.2) is 73.3 Å². The van der Waals surface area contributed by atoms with Gasteiger partial charge in [-0.2, -0.15) is 0 Å². The molecule has 3 aromatic rings. The number of hydrogen-bond acceptors (Lipinski definition) is 6. The van der Waals surface area contributed by atoms with Crippen LogP contribution in [-0.2, 0) is 20.3 Å². The van der Waals surface area contributed by atoms with E-state index in [0.29, 0.717) is 41.3 Å². The van der Waals surface area contributed by atoms with Crippen LogP contribution in [0.1, 0.15) is 17.7 Å². The zero-order valence-electron chi connectivity index (χ0n) is 15.7. The molecule has 9 heteroatoms. The second kappa shape index (κ2) is 9.66. The number of aromatic nitrogens is 3. The van der Waals surface area contributed by atoms with Crippen molar-refractivity contribution in [2.75, 3.05) is 20.3 Å². The second-order valence-electron chi connectivity index (χ2n) is 5.89. The van der Waals surface area contributed by atoms with Crippen molar-refractivity contribution in [2.24, 2.45) is 0 Å². The minimum atomic E-state index is -3.65. The number of methoxy groups -OCH3 is 1. The number of aromatic amines is 1. The predicted octanol–water partition coefficient (Wildman–Crippen LogP) is 2.27. The number of H-pyrrole nitrogens is 1. The molecule has 7 nitrogen and oxygen atoms in total. The molecule has 139 valence electrons. The van der Waals surface area contributed by atoms with Crippen molar-refractivity contribution in [1.29, 1.82) is 0 Å². The first-order valence-electron chi connectivity index (χ1n) is 8.25. The maximum absolute atomic E-state index is 12.7. The van der Waals surface area contributed by atoms with E-state index in [1.165, 1.54) is 0 Å². The van der Waals surface area contributed by atoms with Crippen LogP contribution < -0.4 is 4.74 Å². The number of hydrogen-bond donors (Lipinski definition) is 1. The van der Waals surface area contributed by atoms with Crippen LogP contribution in [0.4, 0.5) is 0 Å². The largest absolute Gasteiger partial charge is 0.493 e. The standard InChI is InChI=1S/C18H21N3O4S.Na/c1-13-16(19-9-8-17(13)25-11-5-10-24-2)12-26(22,23)18-20-14-6-3-4-7-15(14)21-18;/h3-4,6-9H,5,10-12H2,1-2H3,(H,20,21);. The van der Waals surface area contributed by atoms with E-state index in [0.717, 1.165) is 6.42 Å². The third-order valence-corrected chi connectivity index (χ3v) is 5.43. The Morgan fingerprint density at radius 1 is 1.15 bits per heavy atom. The molecular weight excluding hydrogens is 377 g/mol. The first-order valence-corrected chi connectivity index (χ1v) is 9.90. The summed E-state index contributed by atoms with van der Waals surface area (Å²) < 4.78 is 36.2. The zero-order chi connectivity index (χ0) is 18.6. The quantitative estimate of drug-likeness (QED) is 0.462. The van der Waals surface area contributed by atoms with Gasteiger partial charge >= 0.3 is 0 Å². The van der Waals surface area contributed by atoms with Gasteiger partial charge < -0.3 is 14.5 Å². The number of rotatable bonds is 8. The predicted molar refractivity (Wildman–Crippen MR) is 104 cm³/mol. The normalized spacial score (nSPS) is 11.3. The van der Waals surface area contributed by atoms with Gasteiger partial charge in [0.25, 0.3) is 0 Å². The summed E-state index contributed by atoms with van der Waals surface area (Å²) >= 11 is 0. The first-order chi connectivity index (χ1) is 12.5. The van der Waals surface area contributed by atoms with E-state index in [4.69, 9.17) is 9.47 Å². The van der Waals surface area contributed by atoms with Crippen LogP contribution in [0, 0.1) is 6.92 Å². The van der Waals surface area contributed by atoms with E-state index in [1.54, 1.807) is 31.5 Å². The third-order valence-electron chi connectivity index (χ3n) is 4.00. The topological polar surface area (TPSA) is 94.2 Å². The van der Waals surface area contributed by atoms with Crippen LogP contribution in [0.15, 0.2) is 41.7 Å². The van der Waals surface area contributed by atoms with Gasteiger partial charge in [-0.15, -0.1) is 0 Å². The summed E-state index contributed by atoms with van der Waals surface area (Å²) in [4.78, 5) is 11.3. The smallest absolute Gasteiger partial charge is 0.226 e. The molecule has 0 spiro atoms. The van der Waals surface area contributed by atoms with Gasteiger partial charge in [0.2, 0.25) is 15.0 Å². The molecule has 3 rings (SSSR count). The van der Waals surface area contributed by atoms with Crippen LogP contribution in [0.5, 0.6) is 5.75 Å². The molecule has 0 aliphatic heterocycles. The van der Waals surface area contributed by atoms with E-state index in [9.17, 15) is 8.42 Å². The van der Waals surface area contributed by atoms with Gasteiger partial charge in [0, 0.05) is 61.5 Å². The van der Waals surface area contributed by atoms with Gasteiger partial charge in [0.15, 0.2) is 0 Å². The maximum Gasteiger partial charge on any atom is 0.226 e. The van der Waals surface area contributed by atoms with Crippen molar-refractivity contribution in [3.63, 3.8) is 0 Å². The molecule has 0 saturated carbocycles. The van der Waals surface area contributed by atoms with E-state index in [1.807, 2.05) is 19.1 Å². The third kappa shape index (κ3) is 5.30. The minimum Gasteiger partial charge on any atom is -0.493 e. The number of fused-ring (bicyclic) bond motifs is 1. The summed E-state index contributed by atoms with van der Waals surface area (Å²) in [6.45, 7) is 2.91. The average Bonchev–Trinajstić information content (AvgIpc) is 3.07. The Kier molecular flexibility index (Phi) is 7.81. The Hall–Kier alpha value is -1.45. The number of imidazole rings is 1. The summed E-state index contributed by atoms with van der Waals surface area (Å²) in [5, 5.41) is -0.0497. The van der Waals surface area contributed by atoms with E-state index < -0.39 is 9.84 Å². The fourth-order valence-corrected chi connectivity index (χ4v) is 3.86. The number of pyridine rings is 1. The van der Waals surface area contributed by atoms with E-state index in [-0.39, 0.29) is 40.5 Å². The molecule has 2 aromatic heterocycles. The summed E-state index contributed by atoms with van der Waals surface area (Å²) in [7, 11) is -2.01. The van der Waals surface area contributed by atoms with Crippen molar-refractivity contribution in [3.8, 4) is 5.75 Å². The van der Waals surface area contributed by atoms with E-state index >= 15 is 0 Å². The van der Waals surface area contributed by atoms with Crippen LogP contribution in [0.25, 0.3) is 11.0 Å². The number of benzene rings is 1. The van der Waals surface area contributed by atoms with Crippen LogP contribution >= 0.6 is 0 Å². The fourth-order valence-electron chi connectivity index (χ4n) is 2.57. The molecule has 2 heterocycles. The van der Waals surface area contributed by atoms with Crippen LogP contribution in [0.3, 0.4) is 0 Å². The van der Waals surface area contributed by atoms with Crippen molar-refractivity contribution >= 4 is 50.4 Å². The Morgan fingerprint density at radius 3 is 2.67 bits per heavy atom. The molecule has 0 fully saturated rings. The van der Waals surface area contributed by atoms with Crippen LogP contribution in [0.2, 0.25) is 0 Å². The van der Waals surface area contributed by atoms with Gasteiger partial charge in [-0.05, 0) is 25.1 Å². The first kappa shape index (κ1) is 21.8. The van der Waals surface area contributed by atoms with Crippen molar-refractivity contribution in [3.05, 3.63) is 47.8 Å².